The number of methoxy groups -OCH3 is 1. The second kappa shape index (κ2) is 6.00. The van der Waals surface area contributed by atoms with E-state index in [-0.39, 0.29) is 22.9 Å². The Kier molecular flexibility index (Phi) is 4.87. The fourth-order valence-electron chi connectivity index (χ4n) is 1.33. The number of carbonyl (C=O) groups excluding carboxylic acids is 1. The highest BCUT2D eigenvalue weighted by molar-refractivity contribution is 7.90. The van der Waals surface area contributed by atoms with Gasteiger partial charge in [-0.15, -0.1) is 0 Å². The predicted molar refractivity (Wildman–Crippen MR) is 69.7 cm³/mol. The van der Waals surface area contributed by atoms with Crippen LogP contribution in [0.1, 0.15) is 0 Å². The molecule has 0 heterocycles. The minimum atomic E-state index is -3.43. The maximum atomic E-state index is 11.6. The van der Waals surface area contributed by atoms with Gasteiger partial charge in [0.25, 0.3) is 0 Å². The van der Waals surface area contributed by atoms with Crippen molar-refractivity contribution in [2.75, 3.05) is 25.3 Å². The van der Waals surface area contributed by atoms with Crippen LogP contribution in [0.3, 0.4) is 0 Å². The SMILES string of the molecule is COCC(N)C(=O)Nc1cc(S(C)(=O)=O)ccc1O. The Morgan fingerprint density at radius 1 is 1.53 bits per heavy atom. The molecule has 0 aromatic heterocycles. The third-order valence-electron chi connectivity index (χ3n) is 2.34. The van der Waals surface area contributed by atoms with E-state index in [2.05, 4.69) is 5.32 Å². The zero-order chi connectivity index (χ0) is 14.6. The first-order chi connectivity index (χ1) is 8.75. The number of rotatable bonds is 5. The number of nitrogens with one attached hydrogen (secondary N) is 1. The summed E-state index contributed by atoms with van der Waals surface area (Å²) in [5, 5.41) is 11.9. The van der Waals surface area contributed by atoms with Gasteiger partial charge in [-0.2, -0.15) is 0 Å². The molecule has 1 aromatic carbocycles. The molecule has 0 aliphatic heterocycles. The molecular formula is C11H16N2O5S. The lowest BCUT2D eigenvalue weighted by Gasteiger charge is -2.13. The van der Waals surface area contributed by atoms with E-state index in [1.807, 2.05) is 0 Å². The monoisotopic (exact) mass is 288 g/mol. The Labute approximate surface area is 111 Å². The van der Waals surface area contributed by atoms with Crippen molar-refractivity contribution < 1.29 is 23.1 Å². The van der Waals surface area contributed by atoms with Crippen LogP contribution in [0.15, 0.2) is 23.1 Å². The molecule has 7 nitrogen and oxygen atoms in total. The maximum absolute atomic E-state index is 11.6. The molecule has 8 heteroatoms. The highest BCUT2D eigenvalue weighted by Gasteiger charge is 2.16. The molecule has 0 saturated carbocycles. The van der Waals surface area contributed by atoms with E-state index < -0.39 is 21.8 Å². The number of hydrogen-bond acceptors (Lipinski definition) is 6. The van der Waals surface area contributed by atoms with E-state index in [1.54, 1.807) is 0 Å². The van der Waals surface area contributed by atoms with Gasteiger partial charge in [0.05, 0.1) is 17.2 Å². The summed E-state index contributed by atoms with van der Waals surface area (Å²) in [5.41, 5.74) is 5.50. The Morgan fingerprint density at radius 3 is 2.68 bits per heavy atom. The Bertz CT molecular complexity index is 570. The van der Waals surface area contributed by atoms with Gasteiger partial charge in [-0.3, -0.25) is 4.79 Å². The van der Waals surface area contributed by atoms with Crippen molar-refractivity contribution in [2.45, 2.75) is 10.9 Å². The normalized spacial score (nSPS) is 13.0. The van der Waals surface area contributed by atoms with E-state index in [1.165, 1.54) is 25.3 Å². The number of hydrogen-bond donors (Lipinski definition) is 3. The fourth-order valence-corrected chi connectivity index (χ4v) is 1.97. The first kappa shape index (κ1) is 15.4. The van der Waals surface area contributed by atoms with Crippen LogP contribution in [0, 0.1) is 0 Å². The van der Waals surface area contributed by atoms with Crippen LogP contribution in [-0.2, 0) is 19.4 Å². The number of ether oxygens (including phenoxy) is 1. The van der Waals surface area contributed by atoms with Crippen molar-refractivity contribution >= 4 is 21.4 Å². The third kappa shape index (κ3) is 4.19. The maximum Gasteiger partial charge on any atom is 0.243 e. The van der Waals surface area contributed by atoms with Crippen LogP contribution in [0.25, 0.3) is 0 Å². The van der Waals surface area contributed by atoms with Gasteiger partial charge in [-0.1, -0.05) is 0 Å². The molecular weight excluding hydrogens is 272 g/mol. The molecule has 1 unspecified atom stereocenters. The van der Waals surface area contributed by atoms with Crippen LogP contribution in [-0.4, -0.2) is 45.4 Å². The van der Waals surface area contributed by atoms with Crippen LogP contribution in [0.4, 0.5) is 5.69 Å². The summed E-state index contributed by atoms with van der Waals surface area (Å²) in [6.45, 7) is 0.0123. The molecule has 0 aliphatic carbocycles. The lowest BCUT2D eigenvalue weighted by atomic mass is 10.2. The van der Waals surface area contributed by atoms with Crippen molar-refractivity contribution in [3.8, 4) is 5.75 Å². The van der Waals surface area contributed by atoms with E-state index >= 15 is 0 Å². The lowest BCUT2D eigenvalue weighted by Crippen LogP contribution is -2.39. The predicted octanol–water partition coefficient (Wildman–Crippen LogP) is -0.292. The van der Waals surface area contributed by atoms with Crippen molar-refractivity contribution in [2.24, 2.45) is 5.73 Å². The van der Waals surface area contributed by atoms with Crippen molar-refractivity contribution in [1.29, 1.82) is 0 Å². The average Bonchev–Trinajstić information content (AvgIpc) is 2.30. The van der Waals surface area contributed by atoms with E-state index in [4.69, 9.17) is 10.5 Å². The number of amides is 1. The summed E-state index contributed by atoms with van der Waals surface area (Å²) in [4.78, 5) is 11.6. The molecule has 1 aromatic rings. The molecule has 1 atom stereocenters. The number of phenolic OH excluding ortho intramolecular Hbond substituents is 1. The Hall–Kier alpha value is -1.64. The Morgan fingerprint density at radius 2 is 2.16 bits per heavy atom. The Balaban J connectivity index is 2.98. The molecule has 0 fully saturated rings. The zero-order valence-electron chi connectivity index (χ0n) is 10.6. The molecule has 0 bridgehead atoms. The minimum Gasteiger partial charge on any atom is -0.506 e. The smallest absolute Gasteiger partial charge is 0.243 e. The highest BCUT2D eigenvalue weighted by Crippen LogP contribution is 2.26. The van der Waals surface area contributed by atoms with Gasteiger partial charge in [0.15, 0.2) is 9.84 Å². The number of sulfone groups is 1. The first-order valence-corrected chi connectivity index (χ1v) is 7.23. The average molecular weight is 288 g/mol. The summed E-state index contributed by atoms with van der Waals surface area (Å²) in [6, 6.07) is 2.69. The van der Waals surface area contributed by atoms with Gasteiger partial charge in [-0.25, -0.2) is 8.42 Å². The second-order valence-corrected chi connectivity index (χ2v) is 6.02. The fraction of sp³-hybridized carbons (Fsp3) is 0.364. The summed E-state index contributed by atoms with van der Waals surface area (Å²) < 4.78 is 27.5. The molecule has 0 spiro atoms. The second-order valence-electron chi connectivity index (χ2n) is 4.00. The van der Waals surface area contributed by atoms with E-state index in [9.17, 15) is 18.3 Å². The first-order valence-electron chi connectivity index (χ1n) is 5.34. The molecule has 0 saturated heterocycles. The van der Waals surface area contributed by atoms with Gasteiger partial charge < -0.3 is 20.9 Å². The van der Waals surface area contributed by atoms with Gasteiger partial charge >= 0.3 is 0 Å². The third-order valence-corrected chi connectivity index (χ3v) is 3.45. The topological polar surface area (TPSA) is 119 Å². The van der Waals surface area contributed by atoms with Gasteiger partial charge in [0.2, 0.25) is 5.91 Å². The molecule has 19 heavy (non-hydrogen) atoms. The van der Waals surface area contributed by atoms with Crippen LogP contribution >= 0.6 is 0 Å². The molecule has 106 valence electrons. The van der Waals surface area contributed by atoms with E-state index in [0.717, 1.165) is 6.26 Å². The molecule has 1 amide bonds. The summed E-state index contributed by atoms with van der Waals surface area (Å²) in [6.07, 6.45) is 1.03. The van der Waals surface area contributed by atoms with Crippen molar-refractivity contribution in [3.05, 3.63) is 18.2 Å². The number of anilines is 1. The quantitative estimate of drug-likeness (QED) is 0.640. The minimum absolute atomic E-state index is 0.0123. The zero-order valence-corrected chi connectivity index (χ0v) is 11.4. The number of nitrogens with two attached hydrogens (primary N) is 1. The standard InChI is InChI=1S/C11H16N2O5S/c1-18-6-8(12)11(15)13-9-5-7(19(2,16)17)3-4-10(9)14/h3-5,8,14H,6,12H2,1-2H3,(H,13,15). The highest BCUT2D eigenvalue weighted by atomic mass is 32.2. The molecule has 1 rings (SSSR count). The summed E-state index contributed by atoms with van der Waals surface area (Å²) in [7, 11) is -2.03. The number of carbonyl (C=O) groups is 1. The van der Waals surface area contributed by atoms with Crippen molar-refractivity contribution in [3.63, 3.8) is 0 Å². The number of benzene rings is 1. The van der Waals surface area contributed by atoms with Gasteiger partial charge in [-0.05, 0) is 18.2 Å². The largest absolute Gasteiger partial charge is 0.506 e. The number of phenols is 1. The van der Waals surface area contributed by atoms with Crippen LogP contribution in [0.2, 0.25) is 0 Å². The van der Waals surface area contributed by atoms with Crippen LogP contribution in [0.5, 0.6) is 5.75 Å². The lowest BCUT2D eigenvalue weighted by molar-refractivity contribution is -0.118. The van der Waals surface area contributed by atoms with Crippen LogP contribution < -0.4 is 11.1 Å². The van der Waals surface area contributed by atoms with Gasteiger partial charge in [0.1, 0.15) is 11.8 Å². The summed E-state index contributed by atoms with van der Waals surface area (Å²) in [5.74, 6) is -0.826. The molecule has 0 radical (unpaired) electrons. The number of aromatic hydroxyl groups is 1. The summed E-state index contributed by atoms with van der Waals surface area (Å²) >= 11 is 0. The van der Waals surface area contributed by atoms with Crippen molar-refractivity contribution in [1.82, 2.24) is 0 Å². The molecule has 4 N–H and O–H groups in total. The van der Waals surface area contributed by atoms with E-state index in [0.29, 0.717) is 0 Å². The van der Waals surface area contributed by atoms with Gasteiger partial charge in [0, 0.05) is 13.4 Å². The molecule has 0 aliphatic rings.